The van der Waals surface area contributed by atoms with Crippen molar-refractivity contribution in [2.24, 2.45) is 0 Å². The highest BCUT2D eigenvalue weighted by molar-refractivity contribution is 5.92. The minimum atomic E-state index is -1.47. The van der Waals surface area contributed by atoms with Crippen molar-refractivity contribution in [2.75, 3.05) is 26.8 Å². The van der Waals surface area contributed by atoms with Crippen molar-refractivity contribution in [1.82, 2.24) is 9.88 Å². The van der Waals surface area contributed by atoms with Crippen LogP contribution in [-0.4, -0.2) is 48.3 Å². The van der Waals surface area contributed by atoms with E-state index in [1.54, 1.807) is 12.1 Å². The van der Waals surface area contributed by atoms with Crippen molar-refractivity contribution < 1.29 is 18.7 Å². The highest BCUT2D eigenvalue weighted by Crippen LogP contribution is 2.29. The van der Waals surface area contributed by atoms with Gasteiger partial charge in [0.25, 0.3) is 11.8 Å². The van der Waals surface area contributed by atoms with Gasteiger partial charge < -0.3 is 14.4 Å². The maximum absolute atomic E-state index is 13.7. The van der Waals surface area contributed by atoms with Gasteiger partial charge in [-0.3, -0.25) is 4.79 Å². The zero-order valence-electron chi connectivity index (χ0n) is 16.7. The van der Waals surface area contributed by atoms with Crippen molar-refractivity contribution in [2.45, 2.75) is 38.3 Å². The SMILES string of the molecule is COc1nc(C(=O)N2CCCC(c3ccccc3)C2)ccc1OCC(C)(C)F. The number of pyridine rings is 1. The van der Waals surface area contributed by atoms with Crippen LogP contribution in [0.5, 0.6) is 11.6 Å². The zero-order valence-corrected chi connectivity index (χ0v) is 16.7. The van der Waals surface area contributed by atoms with Crippen molar-refractivity contribution >= 4 is 5.91 Å². The van der Waals surface area contributed by atoms with Gasteiger partial charge in [-0.1, -0.05) is 30.3 Å². The molecule has 5 nitrogen and oxygen atoms in total. The van der Waals surface area contributed by atoms with Gasteiger partial charge in [-0.2, -0.15) is 0 Å². The summed E-state index contributed by atoms with van der Waals surface area (Å²) >= 11 is 0. The number of ether oxygens (including phenoxy) is 2. The molecule has 28 heavy (non-hydrogen) atoms. The number of carbonyl (C=O) groups is 1. The number of likely N-dealkylation sites (tertiary alicyclic amines) is 1. The van der Waals surface area contributed by atoms with E-state index in [0.29, 0.717) is 30.5 Å². The number of rotatable bonds is 6. The number of hydrogen-bond donors (Lipinski definition) is 0. The average Bonchev–Trinajstić information content (AvgIpc) is 2.71. The van der Waals surface area contributed by atoms with Crippen LogP contribution >= 0.6 is 0 Å². The van der Waals surface area contributed by atoms with Crippen molar-refractivity contribution in [3.05, 3.63) is 53.7 Å². The minimum absolute atomic E-state index is 0.122. The van der Waals surface area contributed by atoms with E-state index in [1.165, 1.54) is 26.5 Å². The molecule has 0 spiro atoms. The highest BCUT2D eigenvalue weighted by Gasteiger charge is 2.27. The summed E-state index contributed by atoms with van der Waals surface area (Å²) in [5.41, 5.74) is 0.0836. The molecule has 1 aromatic heterocycles. The van der Waals surface area contributed by atoms with Gasteiger partial charge in [0.05, 0.1) is 7.11 Å². The Morgan fingerprint density at radius 1 is 1.25 bits per heavy atom. The maximum Gasteiger partial charge on any atom is 0.272 e. The normalized spacial score (nSPS) is 17.3. The summed E-state index contributed by atoms with van der Waals surface area (Å²) < 4.78 is 24.4. The molecule has 0 N–H and O–H groups in total. The molecule has 1 aliphatic rings. The van der Waals surface area contributed by atoms with Gasteiger partial charge >= 0.3 is 0 Å². The molecule has 2 heterocycles. The van der Waals surface area contributed by atoms with Crippen LogP contribution in [0.4, 0.5) is 4.39 Å². The first-order chi connectivity index (χ1) is 13.4. The molecule has 3 rings (SSSR count). The van der Waals surface area contributed by atoms with E-state index in [1.807, 2.05) is 23.1 Å². The van der Waals surface area contributed by atoms with Gasteiger partial charge in [-0.15, -0.1) is 0 Å². The fraction of sp³-hybridized carbons (Fsp3) is 0.455. The molecule has 1 fully saturated rings. The molecule has 0 radical (unpaired) electrons. The number of alkyl halides is 1. The lowest BCUT2D eigenvalue weighted by atomic mass is 9.90. The van der Waals surface area contributed by atoms with Crippen LogP contribution < -0.4 is 9.47 Å². The van der Waals surface area contributed by atoms with E-state index in [4.69, 9.17) is 9.47 Å². The zero-order chi connectivity index (χ0) is 20.1. The Balaban J connectivity index is 1.72. The van der Waals surface area contributed by atoms with Crippen molar-refractivity contribution in [3.8, 4) is 11.6 Å². The number of benzene rings is 1. The molecular formula is C22H27FN2O3. The average molecular weight is 386 g/mol. The van der Waals surface area contributed by atoms with Crippen LogP contribution in [0.2, 0.25) is 0 Å². The molecule has 6 heteroatoms. The lowest BCUT2D eigenvalue weighted by Gasteiger charge is -2.33. The topological polar surface area (TPSA) is 51.7 Å². The summed E-state index contributed by atoms with van der Waals surface area (Å²) in [5, 5.41) is 0. The summed E-state index contributed by atoms with van der Waals surface area (Å²) in [6, 6.07) is 13.5. The second kappa shape index (κ2) is 8.59. The molecule has 1 amide bonds. The van der Waals surface area contributed by atoms with Gasteiger partial charge in [-0.25, -0.2) is 9.37 Å². The molecule has 1 aromatic carbocycles. The molecule has 0 saturated carbocycles. The Labute approximate surface area is 165 Å². The van der Waals surface area contributed by atoms with Crippen molar-refractivity contribution in [1.29, 1.82) is 0 Å². The fourth-order valence-corrected chi connectivity index (χ4v) is 3.37. The van der Waals surface area contributed by atoms with E-state index < -0.39 is 5.67 Å². The summed E-state index contributed by atoms with van der Waals surface area (Å²) in [5.74, 6) is 0.712. The van der Waals surface area contributed by atoms with Crippen LogP contribution in [0.25, 0.3) is 0 Å². The van der Waals surface area contributed by atoms with Crippen LogP contribution in [0, 0.1) is 0 Å². The van der Waals surface area contributed by atoms with Gasteiger partial charge in [0, 0.05) is 19.0 Å². The predicted octanol–water partition coefficient (Wildman–Crippen LogP) is 4.24. The van der Waals surface area contributed by atoms with Crippen LogP contribution in [-0.2, 0) is 0 Å². The number of hydrogen-bond acceptors (Lipinski definition) is 4. The van der Waals surface area contributed by atoms with E-state index in [2.05, 4.69) is 17.1 Å². The molecule has 1 atom stereocenters. The number of piperidine rings is 1. The molecule has 0 aliphatic carbocycles. The third kappa shape index (κ3) is 5.00. The second-order valence-electron chi connectivity index (χ2n) is 7.71. The number of carbonyl (C=O) groups excluding carboxylic acids is 1. The van der Waals surface area contributed by atoms with E-state index in [9.17, 15) is 9.18 Å². The molecule has 2 aromatic rings. The maximum atomic E-state index is 13.7. The summed E-state index contributed by atoms with van der Waals surface area (Å²) in [6.07, 6.45) is 2.02. The Hall–Kier alpha value is -2.63. The number of amides is 1. The van der Waals surface area contributed by atoms with Gasteiger partial charge in [0.1, 0.15) is 18.0 Å². The Kier molecular flexibility index (Phi) is 6.17. The first kappa shape index (κ1) is 20.1. The van der Waals surface area contributed by atoms with Gasteiger partial charge in [0.2, 0.25) is 0 Å². The predicted molar refractivity (Wildman–Crippen MR) is 106 cm³/mol. The Morgan fingerprint density at radius 3 is 2.68 bits per heavy atom. The van der Waals surface area contributed by atoms with Gasteiger partial charge in [-0.05, 0) is 44.4 Å². The third-order valence-electron chi connectivity index (χ3n) is 4.79. The molecular weight excluding hydrogens is 359 g/mol. The smallest absolute Gasteiger partial charge is 0.272 e. The van der Waals surface area contributed by atoms with Crippen LogP contribution in [0.15, 0.2) is 42.5 Å². The molecule has 1 unspecified atom stereocenters. The standard InChI is InChI=1S/C22H27FN2O3/c1-22(2,23)15-28-19-12-11-18(24-20(19)27-3)21(26)25-13-7-10-17(14-25)16-8-5-4-6-9-16/h4-6,8-9,11-12,17H,7,10,13-15H2,1-3H3. The Bertz CT molecular complexity index is 805. The summed E-state index contributed by atoms with van der Waals surface area (Å²) in [7, 11) is 1.45. The van der Waals surface area contributed by atoms with Crippen LogP contribution in [0.3, 0.4) is 0 Å². The summed E-state index contributed by atoms with van der Waals surface area (Å²) in [6.45, 7) is 4.12. The Morgan fingerprint density at radius 2 is 2.00 bits per heavy atom. The lowest BCUT2D eigenvalue weighted by Crippen LogP contribution is -2.39. The molecule has 150 valence electrons. The van der Waals surface area contributed by atoms with Crippen LogP contribution in [0.1, 0.15) is 48.7 Å². The molecule has 0 bridgehead atoms. The van der Waals surface area contributed by atoms with E-state index in [0.717, 1.165) is 12.8 Å². The summed E-state index contributed by atoms with van der Waals surface area (Å²) in [4.78, 5) is 19.1. The van der Waals surface area contributed by atoms with E-state index in [-0.39, 0.29) is 18.4 Å². The molecule has 1 saturated heterocycles. The quantitative estimate of drug-likeness (QED) is 0.745. The largest absolute Gasteiger partial charge is 0.485 e. The fourth-order valence-electron chi connectivity index (χ4n) is 3.37. The number of halogens is 1. The third-order valence-corrected chi connectivity index (χ3v) is 4.79. The van der Waals surface area contributed by atoms with E-state index >= 15 is 0 Å². The van der Waals surface area contributed by atoms with Gasteiger partial charge in [0.15, 0.2) is 5.75 Å². The number of methoxy groups -OCH3 is 1. The number of aromatic nitrogens is 1. The minimum Gasteiger partial charge on any atom is -0.485 e. The number of nitrogens with zero attached hydrogens (tertiary/aromatic N) is 2. The second-order valence-corrected chi connectivity index (χ2v) is 7.71. The van der Waals surface area contributed by atoms with Crippen molar-refractivity contribution in [3.63, 3.8) is 0 Å². The lowest BCUT2D eigenvalue weighted by molar-refractivity contribution is 0.0699. The molecule has 1 aliphatic heterocycles. The highest BCUT2D eigenvalue weighted by atomic mass is 19.1. The first-order valence-corrected chi connectivity index (χ1v) is 9.58. The monoisotopic (exact) mass is 386 g/mol. The first-order valence-electron chi connectivity index (χ1n) is 9.58.